The van der Waals surface area contributed by atoms with Crippen LogP contribution in [0, 0.1) is 0 Å². The zero-order chi connectivity index (χ0) is 13.0. The van der Waals surface area contributed by atoms with Gasteiger partial charge in [0.15, 0.2) is 16.2 Å². The van der Waals surface area contributed by atoms with Crippen LogP contribution in [-0.2, 0) is 13.0 Å². The standard InChI is InChI=1S/C13H15BrN2O2/c1-17-11-4-3-10(9-12(11)18-2)5-7-16-8-6-15-13(16)14/h3-4,6,8-9H,5,7H2,1-2H3. The van der Waals surface area contributed by atoms with Crippen LogP contribution in [-0.4, -0.2) is 23.8 Å². The van der Waals surface area contributed by atoms with E-state index in [1.165, 1.54) is 5.56 Å². The summed E-state index contributed by atoms with van der Waals surface area (Å²) in [6.45, 7) is 0.871. The quantitative estimate of drug-likeness (QED) is 0.852. The third-order valence-electron chi connectivity index (χ3n) is 2.75. The molecule has 0 aliphatic rings. The van der Waals surface area contributed by atoms with Crippen LogP contribution in [0.2, 0.25) is 0 Å². The van der Waals surface area contributed by atoms with Crippen molar-refractivity contribution in [2.45, 2.75) is 13.0 Å². The van der Waals surface area contributed by atoms with Gasteiger partial charge >= 0.3 is 0 Å². The molecule has 96 valence electrons. The summed E-state index contributed by atoms with van der Waals surface area (Å²) >= 11 is 3.40. The predicted molar refractivity (Wildman–Crippen MR) is 73.2 cm³/mol. The lowest BCUT2D eigenvalue weighted by Crippen LogP contribution is -2.01. The van der Waals surface area contributed by atoms with E-state index in [0.29, 0.717) is 0 Å². The highest BCUT2D eigenvalue weighted by molar-refractivity contribution is 9.10. The van der Waals surface area contributed by atoms with Crippen LogP contribution in [0.25, 0.3) is 0 Å². The third kappa shape index (κ3) is 2.85. The molecule has 0 N–H and O–H groups in total. The molecule has 0 spiro atoms. The highest BCUT2D eigenvalue weighted by Crippen LogP contribution is 2.27. The summed E-state index contributed by atoms with van der Waals surface area (Å²) in [4.78, 5) is 4.12. The molecule has 2 aromatic rings. The molecule has 0 saturated carbocycles. The number of ether oxygens (including phenoxy) is 2. The number of aryl methyl sites for hydroxylation is 2. The van der Waals surface area contributed by atoms with E-state index in [9.17, 15) is 0 Å². The van der Waals surface area contributed by atoms with Crippen LogP contribution in [0.4, 0.5) is 0 Å². The highest BCUT2D eigenvalue weighted by atomic mass is 79.9. The Morgan fingerprint density at radius 1 is 1.22 bits per heavy atom. The van der Waals surface area contributed by atoms with Gasteiger partial charge in [-0.05, 0) is 40.0 Å². The van der Waals surface area contributed by atoms with E-state index in [0.717, 1.165) is 29.2 Å². The van der Waals surface area contributed by atoms with E-state index in [2.05, 4.69) is 25.5 Å². The second kappa shape index (κ2) is 5.91. The molecule has 2 rings (SSSR count). The summed E-state index contributed by atoms with van der Waals surface area (Å²) in [6.07, 6.45) is 4.64. The Hall–Kier alpha value is -1.49. The number of imidazole rings is 1. The minimum Gasteiger partial charge on any atom is -0.493 e. The van der Waals surface area contributed by atoms with Crippen molar-refractivity contribution in [3.8, 4) is 11.5 Å². The lowest BCUT2D eigenvalue weighted by atomic mass is 10.1. The summed E-state index contributed by atoms with van der Waals surface area (Å²) in [5, 5.41) is 0. The van der Waals surface area contributed by atoms with Crippen molar-refractivity contribution in [1.82, 2.24) is 9.55 Å². The number of nitrogens with zero attached hydrogens (tertiary/aromatic N) is 2. The molecule has 0 saturated heterocycles. The molecule has 0 unspecified atom stereocenters. The number of benzene rings is 1. The maximum atomic E-state index is 5.28. The highest BCUT2D eigenvalue weighted by Gasteiger charge is 2.05. The lowest BCUT2D eigenvalue weighted by Gasteiger charge is -2.10. The molecule has 0 bridgehead atoms. The monoisotopic (exact) mass is 310 g/mol. The predicted octanol–water partition coefficient (Wildman–Crippen LogP) is 2.91. The summed E-state index contributed by atoms with van der Waals surface area (Å²) in [6, 6.07) is 5.98. The molecule has 0 aliphatic carbocycles. The molecule has 4 nitrogen and oxygen atoms in total. The van der Waals surface area contributed by atoms with Crippen LogP contribution in [0.5, 0.6) is 11.5 Å². The summed E-state index contributed by atoms with van der Waals surface area (Å²) in [7, 11) is 3.29. The molecule has 0 fully saturated rings. The fourth-order valence-corrected chi connectivity index (χ4v) is 2.18. The largest absolute Gasteiger partial charge is 0.493 e. The Kier molecular flexibility index (Phi) is 4.25. The number of aromatic nitrogens is 2. The molecule has 0 amide bonds. The molecule has 1 aromatic heterocycles. The van der Waals surface area contributed by atoms with E-state index >= 15 is 0 Å². The number of hydrogen-bond donors (Lipinski definition) is 0. The summed E-state index contributed by atoms with van der Waals surface area (Å²) in [5.74, 6) is 1.52. The Balaban J connectivity index is 2.08. The van der Waals surface area contributed by atoms with Crippen molar-refractivity contribution in [3.63, 3.8) is 0 Å². The average molecular weight is 311 g/mol. The molecule has 0 aliphatic heterocycles. The fraction of sp³-hybridized carbons (Fsp3) is 0.308. The van der Waals surface area contributed by atoms with Crippen LogP contribution >= 0.6 is 15.9 Å². The van der Waals surface area contributed by atoms with E-state index < -0.39 is 0 Å². The Morgan fingerprint density at radius 3 is 2.61 bits per heavy atom. The number of rotatable bonds is 5. The second-order valence-electron chi connectivity index (χ2n) is 3.83. The number of halogens is 1. The van der Waals surface area contributed by atoms with Crippen LogP contribution < -0.4 is 9.47 Å². The SMILES string of the molecule is COc1ccc(CCn2ccnc2Br)cc1OC. The van der Waals surface area contributed by atoms with Crippen molar-refractivity contribution in [1.29, 1.82) is 0 Å². The van der Waals surface area contributed by atoms with Crippen LogP contribution in [0.1, 0.15) is 5.56 Å². The molecule has 18 heavy (non-hydrogen) atoms. The Morgan fingerprint density at radius 2 is 2.00 bits per heavy atom. The van der Waals surface area contributed by atoms with Gasteiger partial charge in [-0.2, -0.15) is 0 Å². The first-order valence-corrected chi connectivity index (χ1v) is 6.41. The van der Waals surface area contributed by atoms with E-state index in [1.807, 2.05) is 24.4 Å². The first kappa shape index (κ1) is 13.0. The number of methoxy groups -OCH3 is 2. The van der Waals surface area contributed by atoms with Crippen molar-refractivity contribution in [3.05, 3.63) is 40.9 Å². The van der Waals surface area contributed by atoms with Gasteiger partial charge in [-0.3, -0.25) is 0 Å². The molecule has 0 radical (unpaired) electrons. The van der Waals surface area contributed by atoms with Gasteiger partial charge < -0.3 is 14.0 Å². The maximum absolute atomic E-state index is 5.28. The molecular weight excluding hydrogens is 296 g/mol. The average Bonchev–Trinajstić information content (AvgIpc) is 2.81. The normalized spacial score (nSPS) is 10.4. The zero-order valence-electron chi connectivity index (χ0n) is 10.4. The lowest BCUT2D eigenvalue weighted by molar-refractivity contribution is 0.354. The summed E-state index contributed by atoms with van der Waals surface area (Å²) < 4.78 is 13.4. The Labute approximate surface area is 115 Å². The van der Waals surface area contributed by atoms with Crippen LogP contribution in [0.3, 0.4) is 0 Å². The molecule has 1 aromatic carbocycles. The minimum absolute atomic E-state index is 0.755. The van der Waals surface area contributed by atoms with Gasteiger partial charge in [-0.15, -0.1) is 0 Å². The van der Waals surface area contributed by atoms with Gasteiger partial charge in [0.1, 0.15) is 0 Å². The molecule has 5 heteroatoms. The van der Waals surface area contributed by atoms with Crippen molar-refractivity contribution in [2.24, 2.45) is 0 Å². The van der Waals surface area contributed by atoms with Gasteiger partial charge in [-0.25, -0.2) is 4.98 Å². The van der Waals surface area contributed by atoms with Gasteiger partial charge in [0, 0.05) is 18.9 Å². The van der Waals surface area contributed by atoms with Gasteiger partial charge in [0.25, 0.3) is 0 Å². The maximum Gasteiger partial charge on any atom is 0.177 e. The van der Waals surface area contributed by atoms with E-state index in [-0.39, 0.29) is 0 Å². The van der Waals surface area contributed by atoms with Crippen molar-refractivity contribution >= 4 is 15.9 Å². The van der Waals surface area contributed by atoms with Crippen molar-refractivity contribution in [2.75, 3.05) is 14.2 Å². The van der Waals surface area contributed by atoms with Crippen LogP contribution in [0.15, 0.2) is 35.3 Å². The van der Waals surface area contributed by atoms with Gasteiger partial charge in [0.2, 0.25) is 0 Å². The molecule has 0 atom stereocenters. The Bertz CT molecular complexity index is 525. The third-order valence-corrected chi connectivity index (χ3v) is 3.41. The zero-order valence-corrected chi connectivity index (χ0v) is 12.0. The molecule has 1 heterocycles. The van der Waals surface area contributed by atoms with E-state index in [1.54, 1.807) is 20.4 Å². The van der Waals surface area contributed by atoms with E-state index in [4.69, 9.17) is 9.47 Å². The first-order valence-electron chi connectivity index (χ1n) is 5.62. The van der Waals surface area contributed by atoms with Gasteiger partial charge in [-0.1, -0.05) is 6.07 Å². The molecular formula is C13H15BrN2O2. The minimum atomic E-state index is 0.755. The fourth-order valence-electron chi connectivity index (χ4n) is 1.76. The smallest absolute Gasteiger partial charge is 0.177 e. The van der Waals surface area contributed by atoms with Crippen molar-refractivity contribution < 1.29 is 9.47 Å². The summed E-state index contributed by atoms with van der Waals surface area (Å²) in [5.41, 5.74) is 1.20. The topological polar surface area (TPSA) is 36.3 Å². The first-order chi connectivity index (χ1) is 8.74. The number of hydrogen-bond acceptors (Lipinski definition) is 3. The second-order valence-corrected chi connectivity index (χ2v) is 4.54. The van der Waals surface area contributed by atoms with Gasteiger partial charge in [0.05, 0.1) is 14.2 Å².